The van der Waals surface area contributed by atoms with Gasteiger partial charge in [0.1, 0.15) is 0 Å². The van der Waals surface area contributed by atoms with Gasteiger partial charge in [-0.1, -0.05) is 0 Å². The number of nitrogens with one attached hydrogen (secondary N) is 2. The lowest BCUT2D eigenvalue weighted by Crippen LogP contribution is -2.50. The Morgan fingerprint density at radius 1 is 1.41 bits per heavy atom. The molecule has 1 saturated heterocycles. The van der Waals surface area contributed by atoms with Crippen LogP contribution in [0.1, 0.15) is 19.8 Å². The Kier molecular flexibility index (Phi) is 5.41. The second-order valence-electron chi connectivity index (χ2n) is 5.68. The second kappa shape index (κ2) is 7.10. The number of urea groups is 1. The molecule has 1 atom stereocenters. The Labute approximate surface area is 130 Å². The summed E-state index contributed by atoms with van der Waals surface area (Å²) in [4.78, 5) is 11.9. The molecule has 0 aliphatic carbocycles. The first-order chi connectivity index (χ1) is 10.3. The monoisotopic (exact) mass is 329 g/mol. The maximum atomic E-state index is 11.9. The molecule has 1 aliphatic rings. The Morgan fingerprint density at radius 2 is 2.09 bits per heavy atom. The van der Waals surface area contributed by atoms with E-state index in [1.165, 1.54) is 10.6 Å². The van der Waals surface area contributed by atoms with Gasteiger partial charge in [0.2, 0.25) is 10.0 Å². The van der Waals surface area contributed by atoms with Gasteiger partial charge in [-0.2, -0.15) is 5.10 Å². The van der Waals surface area contributed by atoms with Crippen LogP contribution in [0.5, 0.6) is 0 Å². The number of carbonyl (C=O) groups excluding carboxylic acids is 1. The smallest absolute Gasteiger partial charge is 0.315 e. The van der Waals surface area contributed by atoms with Gasteiger partial charge in [-0.15, -0.1) is 0 Å². The molecule has 9 heteroatoms. The molecule has 22 heavy (non-hydrogen) atoms. The first-order valence-corrected chi connectivity index (χ1v) is 9.19. The summed E-state index contributed by atoms with van der Waals surface area (Å²) in [5, 5.41) is 9.86. The summed E-state index contributed by atoms with van der Waals surface area (Å²) in [5.41, 5.74) is 0. The minimum atomic E-state index is -3.13. The molecule has 1 fully saturated rings. The Bertz CT molecular complexity index is 579. The van der Waals surface area contributed by atoms with Crippen molar-refractivity contribution in [3.8, 4) is 0 Å². The van der Waals surface area contributed by atoms with E-state index in [4.69, 9.17) is 0 Å². The molecule has 0 bridgehead atoms. The molecular weight excluding hydrogens is 306 g/mol. The number of rotatable bonds is 5. The molecule has 0 spiro atoms. The fourth-order valence-corrected chi connectivity index (χ4v) is 3.39. The van der Waals surface area contributed by atoms with E-state index in [-0.39, 0.29) is 18.1 Å². The summed E-state index contributed by atoms with van der Waals surface area (Å²) in [6, 6.07) is 1.57. The third-order valence-corrected chi connectivity index (χ3v) is 4.96. The van der Waals surface area contributed by atoms with Gasteiger partial charge in [0.15, 0.2) is 0 Å². The first-order valence-electron chi connectivity index (χ1n) is 7.34. The van der Waals surface area contributed by atoms with Gasteiger partial charge in [0.25, 0.3) is 0 Å². The molecule has 1 aromatic heterocycles. The molecule has 0 saturated carbocycles. The van der Waals surface area contributed by atoms with E-state index >= 15 is 0 Å². The van der Waals surface area contributed by atoms with E-state index in [1.54, 1.807) is 10.9 Å². The third kappa shape index (κ3) is 4.99. The number of hydrogen-bond donors (Lipinski definition) is 2. The fourth-order valence-electron chi connectivity index (χ4n) is 2.52. The second-order valence-corrected chi connectivity index (χ2v) is 7.67. The molecule has 8 nitrogen and oxygen atoms in total. The molecule has 2 N–H and O–H groups in total. The third-order valence-electron chi connectivity index (χ3n) is 3.66. The number of amides is 2. The highest BCUT2D eigenvalue weighted by Gasteiger charge is 2.25. The minimum absolute atomic E-state index is 0.00917. The number of piperidine rings is 1. The minimum Gasteiger partial charge on any atom is -0.335 e. The lowest BCUT2D eigenvalue weighted by molar-refractivity contribution is 0.223. The summed E-state index contributed by atoms with van der Waals surface area (Å²) >= 11 is 0. The molecule has 1 aromatic rings. The number of nitrogens with zero attached hydrogens (tertiary/aromatic N) is 3. The van der Waals surface area contributed by atoms with Crippen LogP contribution in [0.3, 0.4) is 0 Å². The van der Waals surface area contributed by atoms with Gasteiger partial charge < -0.3 is 10.6 Å². The molecule has 2 rings (SSSR count). The van der Waals surface area contributed by atoms with Crippen molar-refractivity contribution in [2.24, 2.45) is 0 Å². The zero-order valence-electron chi connectivity index (χ0n) is 12.9. The zero-order valence-corrected chi connectivity index (χ0v) is 13.7. The van der Waals surface area contributed by atoms with E-state index in [0.29, 0.717) is 32.5 Å². The lowest BCUT2D eigenvalue weighted by atomic mass is 10.1. The van der Waals surface area contributed by atoms with Gasteiger partial charge in [-0.25, -0.2) is 17.5 Å². The van der Waals surface area contributed by atoms with Gasteiger partial charge >= 0.3 is 6.03 Å². The maximum Gasteiger partial charge on any atom is 0.315 e. The van der Waals surface area contributed by atoms with E-state index in [9.17, 15) is 13.2 Å². The van der Waals surface area contributed by atoms with Crippen molar-refractivity contribution in [2.75, 3.05) is 19.3 Å². The van der Waals surface area contributed by atoms with Gasteiger partial charge in [-0.05, 0) is 25.8 Å². The van der Waals surface area contributed by atoms with Crippen molar-refractivity contribution in [1.29, 1.82) is 0 Å². The Hall–Kier alpha value is -1.61. The standard InChI is InChI=1S/C13H23N5O3S/c1-11(10-17-7-3-6-14-17)15-13(19)16-12-4-8-18(9-5-12)22(2,20)21/h3,6-7,11-12H,4-5,8-10H2,1-2H3,(H2,15,16,19). The van der Waals surface area contributed by atoms with Crippen molar-refractivity contribution < 1.29 is 13.2 Å². The van der Waals surface area contributed by atoms with Gasteiger partial charge in [0, 0.05) is 37.6 Å². The molecule has 0 radical (unpaired) electrons. The van der Waals surface area contributed by atoms with Crippen LogP contribution in [0.15, 0.2) is 18.5 Å². The molecule has 1 unspecified atom stereocenters. The summed E-state index contributed by atoms with van der Waals surface area (Å²) < 4.78 is 26.1. The first kappa shape index (κ1) is 16.8. The Balaban J connectivity index is 1.72. The van der Waals surface area contributed by atoms with Crippen molar-refractivity contribution in [3.05, 3.63) is 18.5 Å². The van der Waals surface area contributed by atoms with E-state index in [1.807, 2.05) is 19.2 Å². The van der Waals surface area contributed by atoms with Crippen molar-refractivity contribution in [2.45, 2.75) is 38.4 Å². The molecule has 1 aliphatic heterocycles. The van der Waals surface area contributed by atoms with E-state index in [0.717, 1.165) is 0 Å². The maximum absolute atomic E-state index is 11.9. The van der Waals surface area contributed by atoms with E-state index in [2.05, 4.69) is 15.7 Å². The van der Waals surface area contributed by atoms with Crippen LogP contribution in [0.2, 0.25) is 0 Å². The molecule has 2 amide bonds. The average Bonchev–Trinajstić information content (AvgIpc) is 2.90. The molecule has 2 heterocycles. The lowest BCUT2D eigenvalue weighted by Gasteiger charge is -2.30. The predicted molar refractivity (Wildman–Crippen MR) is 82.8 cm³/mol. The van der Waals surface area contributed by atoms with Crippen LogP contribution in [-0.2, 0) is 16.6 Å². The highest BCUT2D eigenvalue weighted by molar-refractivity contribution is 7.88. The Morgan fingerprint density at radius 3 is 2.64 bits per heavy atom. The van der Waals surface area contributed by atoms with Crippen LogP contribution in [0.25, 0.3) is 0 Å². The summed E-state index contributed by atoms with van der Waals surface area (Å²) in [6.45, 7) is 3.42. The predicted octanol–water partition coefficient (Wildman–Crippen LogP) is -0.00520. The number of sulfonamides is 1. The quantitative estimate of drug-likeness (QED) is 0.794. The highest BCUT2D eigenvalue weighted by atomic mass is 32.2. The summed E-state index contributed by atoms with van der Waals surface area (Å²) in [7, 11) is -3.13. The topological polar surface area (TPSA) is 96.3 Å². The summed E-state index contributed by atoms with van der Waals surface area (Å²) in [5.74, 6) is 0. The molecule has 124 valence electrons. The van der Waals surface area contributed by atoms with Crippen LogP contribution in [-0.4, -0.2) is 60.0 Å². The van der Waals surface area contributed by atoms with Gasteiger partial charge in [-0.3, -0.25) is 4.68 Å². The highest BCUT2D eigenvalue weighted by Crippen LogP contribution is 2.13. The van der Waals surface area contributed by atoms with Crippen molar-refractivity contribution >= 4 is 16.1 Å². The molecule has 0 aromatic carbocycles. The zero-order chi connectivity index (χ0) is 16.2. The van der Waals surface area contributed by atoms with Crippen molar-refractivity contribution in [3.63, 3.8) is 0 Å². The number of carbonyl (C=O) groups is 1. The SMILES string of the molecule is CC(Cn1cccn1)NC(=O)NC1CCN(S(C)(=O)=O)CC1. The fraction of sp³-hybridized carbons (Fsp3) is 0.692. The van der Waals surface area contributed by atoms with Crippen LogP contribution in [0.4, 0.5) is 4.79 Å². The number of hydrogen-bond acceptors (Lipinski definition) is 4. The normalized spacial score (nSPS) is 18.8. The van der Waals surface area contributed by atoms with Crippen LogP contribution in [0, 0.1) is 0 Å². The van der Waals surface area contributed by atoms with Gasteiger partial charge in [0.05, 0.1) is 12.8 Å². The van der Waals surface area contributed by atoms with E-state index < -0.39 is 10.0 Å². The van der Waals surface area contributed by atoms with Crippen LogP contribution < -0.4 is 10.6 Å². The summed E-state index contributed by atoms with van der Waals surface area (Å²) in [6.07, 6.45) is 6.02. The average molecular weight is 329 g/mol. The molecular formula is C13H23N5O3S. The number of aromatic nitrogens is 2. The van der Waals surface area contributed by atoms with Crippen LogP contribution >= 0.6 is 0 Å². The van der Waals surface area contributed by atoms with Crippen molar-refractivity contribution in [1.82, 2.24) is 24.7 Å². The largest absolute Gasteiger partial charge is 0.335 e.